The third kappa shape index (κ3) is 5.59. The first kappa shape index (κ1) is 18.5. The minimum atomic E-state index is -0.340. The average molecular weight is 381 g/mol. The number of para-hydroxylation sites is 1. The maximum atomic E-state index is 12.1. The molecule has 3 rings (SSSR count). The number of urea groups is 1. The number of hydrogen-bond donors (Lipinski definition) is 2. The Morgan fingerprint density at radius 1 is 0.778 bits per heavy atom. The number of rotatable bonds is 6. The van der Waals surface area contributed by atoms with Gasteiger partial charge in [-0.25, -0.2) is 4.79 Å². The maximum Gasteiger partial charge on any atom is 0.323 e. The van der Waals surface area contributed by atoms with Gasteiger partial charge in [0.25, 0.3) is 0 Å². The van der Waals surface area contributed by atoms with Crippen LogP contribution in [0.25, 0.3) is 0 Å². The Morgan fingerprint density at radius 2 is 1.37 bits per heavy atom. The second kappa shape index (κ2) is 8.87. The van der Waals surface area contributed by atoms with E-state index in [0.717, 1.165) is 0 Å². The monoisotopic (exact) mass is 380 g/mol. The lowest BCUT2D eigenvalue weighted by Crippen LogP contribution is -2.19. The zero-order valence-electron chi connectivity index (χ0n) is 14.3. The second-order valence-corrected chi connectivity index (χ2v) is 6.12. The Kier molecular flexibility index (Phi) is 6.07. The van der Waals surface area contributed by atoms with Crippen LogP contribution in [0.3, 0.4) is 0 Å². The first-order valence-electron chi connectivity index (χ1n) is 8.25. The van der Waals surface area contributed by atoms with Crippen molar-refractivity contribution in [3.8, 4) is 5.75 Å². The lowest BCUT2D eigenvalue weighted by molar-refractivity contribution is 0.0921. The summed E-state index contributed by atoms with van der Waals surface area (Å²) in [5, 5.41) is 6.04. The van der Waals surface area contributed by atoms with E-state index in [1.807, 2.05) is 18.2 Å². The molecule has 0 aliphatic carbocycles. The van der Waals surface area contributed by atoms with E-state index < -0.39 is 0 Å². The predicted molar refractivity (Wildman–Crippen MR) is 107 cm³/mol. The molecule has 0 unspecified atom stereocenters. The molecule has 6 heteroatoms. The van der Waals surface area contributed by atoms with Crippen LogP contribution in [0, 0.1) is 0 Å². The number of nitrogens with one attached hydrogen (secondary N) is 2. The number of halogens is 1. The van der Waals surface area contributed by atoms with Crippen LogP contribution in [0.15, 0.2) is 78.9 Å². The molecule has 0 spiro atoms. The first-order valence-corrected chi connectivity index (χ1v) is 8.62. The summed E-state index contributed by atoms with van der Waals surface area (Å²) in [5.41, 5.74) is 1.85. The number of carbonyl (C=O) groups excluding carboxylic acids is 2. The number of benzene rings is 3. The van der Waals surface area contributed by atoms with Crippen molar-refractivity contribution in [2.75, 3.05) is 17.2 Å². The number of amides is 2. The summed E-state index contributed by atoms with van der Waals surface area (Å²) < 4.78 is 5.50. The summed E-state index contributed by atoms with van der Waals surface area (Å²) in [4.78, 5) is 24.0. The topological polar surface area (TPSA) is 67.4 Å². The van der Waals surface area contributed by atoms with Crippen LogP contribution in [0.1, 0.15) is 10.4 Å². The molecule has 0 atom stereocenters. The highest BCUT2D eigenvalue weighted by Crippen LogP contribution is 2.17. The predicted octanol–water partition coefficient (Wildman–Crippen LogP) is 5.25. The van der Waals surface area contributed by atoms with Gasteiger partial charge in [-0.2, -0.15) is 0 Å². The molecule has 0 aromatic heterocycles. The van der Waals surface area contributed by atoms with Gasteiger partial charge in [-0.15, -0.1) is 0 Å². The van der Waals surface area contributed by atoms with Gasteiger partial charge in [0.05, 0.1) is 0 Å². The smallest absolute Gasteiger partial charge is 0.323 e. The van der Waals surface area contributed by atoms with E-state index in [2.05, 4.69) is 10.6 Å². The fraction of sp³-hybridized carbons (Fsp3) is 0.0476. The summed E-state index contributed by atoms with van der Waals surface area (Å²) in [7, 11) is 0. The highest BCUT2D eigenvalue weighted by atomic mass is 35.5. The molecule has 0 bridgehead atoms. The summed E-state index contributed by atoms with van der Waals surface area (Å²) in [6.45, 7) is -0.0805. The molecule has 2 amide bonds. The zero-order chi connectivity index (χ0) is 19.1. The number of anilines is 2. The molecule has 3 aromatic carbocycles. The maximum absolute atomic E-state index is 12.1. The minimum Gasteiger partial charge on any atom is -0.485 e. The molecule has 0 fully saturated rings. The molecule has 0 heterocycles. The van der Waals surface area contributed by atoms with Gasteiger partial charge in [-0.1, -0.05) is 29.8 Å². The summed E-state index contributed by atoms with van der Waals surface area (Å²) >= 11 is 5.81. The van der Waals surface area contributed by atoms with Crippen LogP contribution in [-0.4, -0.2) is 18.4 Å². The molecule has 136 valence electrons. The Morgan fingerprint density at radius 3 is 2.00 bits per heavy atom. The minimum absolute atomic E-state index is 0.0805. The van der Waals surface area contributed by atoms with E-state index >= 15 is 0 Å². The van der Waals surface area contributed by atoms with Crippen LogP contribution >= 0.6 is 11.6 Å². The highest BCUT2D eigenvalue weighted by Gasteiger charge is 2.07. The quantitative estimate of drug-likeness (QED) is 0.574. The molecule has 3 aromatic rings. The Bertz CT molecular complexity index is 910. The fourth-order valence-corrected chi connectivity index (χ4v) is 2.44. The summed E-state index contributed by atoms with van der Waals surface area (Å²) in [5.74, 6) is 0.391. The van der Waals surface area contributed by atoms with Gasteiger partial charge in [0, 0.05) is 22.0 Å². The Hall–Kier alpha value is -3.31. The second-order valence-electron chi connectivity index (χ2n) is 5.69. The number of ketones is 1. The van der Waals surface area contributed by atoms with Crippen molar-refractivity contribution >= 4 is 34.8 Å². The molecule has 2 N–H and O–H groups in total. The number of ether oxygens (including phenoxy) is 1. The third-order valence-corrected chi connectivity index (χ3v) is 3.93. The van der Waals surface area contributed by atoms with Gasteiger partial charge in [0.1, 0.15) is 5.75 Å². The van der Waals surface area contributed by atoms with Crippen molar-refractivity contribution in [3.63, 3.8) is 0 Å². The standard InChI is InChI=1S/C21H17ClN2O3/c22-16-8-6-15(7-9-16)20(25)14-27-19-12-10-18(11-13-19)24-21(26)23-17-4-2-1-3-5-17/h1-13H,14H2,(H2,23,24,26). The van der Waals surface area contributed by atoms with Gasteiger partial charge in [-0.05, 0) is 60.7 Å². The SMILES string of the molecule is O=C(Nc1ccccc1)Nc1ccc(OCC(=O)c2ccc(Cl)cc2)cc1. The van der Waals surface area contributed by atoms with Crippen LogP contribution in [-0.2, 0) is 0 Å². The van der Waals surface area contributed by atoms with Gasteiger partial charge < -0.3 is 15.4 Å². The molecule has 0 radical (unpaired) electrons. The van der Waals surface area contributed by atoms with Gasteiger partial charge in [0.2, 0.25) is 0 Å². The number of hydrogen-bond acceptors (Lipinski definition) is 3. The van der Waals surface area contributed by atoms with Gasteiger partial charge >= 0.3 is 6.03 Å². The van der Waals surface area contributed by atoms with Crippen molar-refractivity contribution < 1.29 is 14.3 Å². The molecular formula is C21H17ClN2O3. The van der Waals surface area contributed by atoms with Crippen LogP contribution < -0.4 is 15.4 Å². The molecule has 0 aliphatic rings. The van der Waals surface area contributed by atoms with Crippen LogP contribution in [0.2, 0.25) is 5.02 Å². The number of carbonyl (C=O) groups is 2. The average Bonchev–Trinajstić information content (AvgIpc) is 2.68. The van der Waals surface area contributed by atoms with Crippen molar-refractivity contribution in [3.05, 3.63) is 89.4 Å². The van der Waals surface area contributed by atoms with Gasteiger partial charge in [-0.3, -0.25) is 4.79 Å². The molecule has 0 saturated carbocycles. The molecule has 0 aliphatic heterocycles. The van der Waals surface area contributed by atoms with Crippen molar-refractivity contribution in [1.29, 1.82) is 0 Å². The zero-order valence-corrected chi connectivity index (χ0v) is 15.1. The van der Waals surface area contributed by atoms with E-state index in [9.17, 15) is 9.59 Å². The lowest BCUT2D eigenvalue weighted by Gasteiger charge is -2.09. The van der Waals surface area contributed by atoms with E-state index in [1.165, 1.54) is 0 Å². The van der Waals surface area contributed by atoms with Crippen molar-refractivity contribution in [1.82, 2.24) is 0 Å². The van der Waals surface area contributed by atoms with Crippen molar-refractivity contribution in [2.24, 2.45) is 0 Å². The summed E-state index contributed by atoms with van der Waals surface area (Å²) in [6, 6.07) is 22.2. The summed E-state index contributed by atoms with van der Waals surface area (Å²) in [6.07, 6.45) is 0. The fourth-order valence-electron chi connectivity index (χ4n) is 2.32. The first-order chi connectivity index (χ1) is 13.1. The Balaban J connectivity index is 1.50. The van der Waals surface area contributed by atoms with E-state index in [-0.39, 0.29) is 18.4 Å². The van der Waals surface area contributed by atoms with Crippen molar-refractivity contribution in [2.45, 2.75) is 0 Å². The third-order valence-electron chi connectivity index (χ3n) is 3.68. The van der Waals surface area contributed by atoms with E-state index in [4.69, 9.17) is 16.3 Å². The highest BCUT2D eigenvalue weighted by molar-refractivity contribution is 6.30. The molecule has 5 nitrogen and oxygen atoms in total. The van der Waals surface area contributed by atoms with Crippen LogP contribution in [0.4, 0.5) is 16.2 Å². The lowest BCUT2D eigenvalue weighted by atomic mass is 10.1. The van der Waals surface area contributed by atoms with Gasteiger partial charge in [0.15, 0.2) is 12.4 Å². The molecule has 0 saturated heterocycles. The molecular weight excluding hydrogens is 364 g/mol. The number of Topliss-reactive ketones (excluding diaryl/α,β-unsaturated/α-hetero) is 1. The normalized spacial score (nSPS) is 10.1. The van der Waals surface area contributed by atoms with E-state index in [0.29, 0.717) is 27.7 Å². The largest absolute Gasteiger partial charge is 0.485 e. The molecule has 27 heavy (non-hydrogen) atoms. The van der Waals surface area contributed by atoms with E-state index in [1.54, 1.807) is 60.7 Å². The Labute approximate surface area is 161 Å². The van der Waals surface area contributed by atoms with Crippen LogP contribution in [0.5, 0.6) is 5.75 Å².